The molecule has 2 aromatic carbocycles. The Bertz CT molecular complexity index is 987. The fraction of sp³-hybridized carbons (Fsp3) is 0.462. The van der Waals surface area contributed by atoms with E-state index >= 15 is 0 Å². The van der Waals surface area contributed by atoms with Gasteiger partial charge in [0.15, 0.2) is 0 Å². The van der Waals surface area contributed by atoms with Crippen molar-refractivity contribution in [1.82, 2.24) is 10.2 Å². The summed E-state index contributed by atoms with van der Waals surface area (Å²) in [5.74, 6) is -0.712. The number of carboxylic acid groups (broad SMARTS) is 1. The molecule has 1 aliphatic carbocycles. The van der Waals surface area contributed by atoms with E-state index < -0.39 is 11.4 Å². The molecule has 5 heteroatoms. The summed E-state index contributed by atoms with van der Waals surface area (Å²) >= 11 is 0. The number of carboxylic acids is 1. The number of carbonyl (C=O) groups is 2. The van der Waals surface area contributed by atoms with Crippen LogP contribution in [0.1, 0.15) is 60.4 Å². The van der Waals surface area contributed by atoms with Gasteiger partial charge in [-0.3, -0.25) is 14.5 Å². The highest BCUT2D eigenvalue weighted by Crippen LogP contribution is 2.50. The van der Waals surface area contributed by atoms with Crippen molar-refractivity contribution in [1.29, 1.82) is 0 Å². The molecule has 0 bridgehead atoms. The second kappa shape index (κ2) is 8.12. The van der Waals surface area contributed by atoms with Crippen LogP contribution in [0.3, 0.4) is 0 Å². The lowest BCUT2D eigenvalue weighted by Gasteiger charge is -2.43. The van der Waals surface area contributed by atoms with Crippen LogP contribution in [0.4, 0.5) is 0 Å². The Labute approximate surface area is 184 Å². The summed E-state index contributed by atoms with van der Waals surface area (Å²) in [7, 11) is 0. The van der Waals surface area contributed by atoms with Gasteiger partial charge >= 0.3 is 5.97 Å². The maximum absolute atomic E-state index is 12.0. The largest absolute Gasteiger partial charge is 0.481 e. The molecule has 2 N–H and O–H groups in total. The molecular weight excluding hydrogens is 388 g/mol. The van der Waals surface area contributed by atoms with Gasteiger partial charge in [-0.2, -0.15) is 0 Å². The zero-order valence-corrected chi connectivity index (χ0v) is 18.7. The lowest BCUT2D eigenvalue weighted by molar-refractivity contribution is -0.140. The first-order valence-electron chi connectivity index (χ1n) is 11.2. The Hall–Kier alpha value is -2.66. The average molecular weight is 421 g/mol. The first kappa shape index (κ1) is 21.6. The fourth-order valence-electron chi connectivity index (χ4n) is 5.15. The number of aliphatic carboxylic acids is 1. The van der Waals surface area contributed by atoms with Gasteiger partial charge in [-0.1, -0.05) is 42.5 Å². The van der Waals surface area contributed by atoms with Gasteiger partial charge in [0, 0.05) is 26.6 Å². The molecule has 2 aliphatic rings. The molecule has 0 unspecified atom stereocenters. The van der Waals surface area contributed by atoms with Crippen LogP contribution in [0.25, 0.3) is 0 Å². The molecule has 1 saturated carbocycles. The number of nitrogens with one attached hydrogen (secondary N) is 1. The number of hydrogen-bond donors (Lipinski definition) is 2. The molecule has 31 heavy (non-hydrogen) atoms. The van der Waals surface area contributed by atoms with Gasteiger partial charge in [0.25, 0.3) is 0 Å². The summed E-state index contributed by atoms with van der Waals surface area (Å²) in [6.07, 6.45) is 3.11. The van der Waals surface area contributed by atoms with E-state index in [-0.39, 0.29) is 11.4 Å². The van der Waals surface area contributed by atoms with E-state index in [1.165, 1.54) is 16.7 Å². The molecule has 5 nitrogen and oxygen atoms in total. The Kier molecular flexibility index (Phi) is 5.65. The van der Waals surface area contributed by atoms with Crippen LogP contribution < -0.4 is 5.32 Å². The summed E-state index contributed by atoms with van der Waals surface area (Å²) in [6.45, 7) is 8.24. The molecule has 0 spiro atoms. The second-order valence-corrected chi connectivity index (χ2v) is 9.33. The summed E-state index contributed by atoms with van der Waals surface area (Å²) in [5.41, 5.74) is 4.68. The van der Waals surface area contributed by atoms with E-state index in [9.17, 15) is 14.7 Å². The first-order valence-corrected chi connectivity index (χ1v) is 11.2. The van der Waals surface area contributed by atoms with E-state index in [1.54, 1.807) is 6.92 Å². The highest BCUT2D eigenvalue weighted by atomic mass is 16.4. The van der Waals surface area contributed by atoms with Crippen LogP contribution in [0, 0.1) is 13.8 Å². The van der Waals surface area contributed by atoms with Crippen molar-refractivity contribution in [3.8, 4) is 0 Å². The summed E-state index contributed by atoms with van der Waals surface area (Å²) in [5, 5.41) is 13.1. The maximum atomic E-state index is 12.0. The van der Waals surface area contributed by atoms with Crippen molar-refractivity contribution in [3.05, 3.63) is 70.3 Å². The lowest BCUT2D eigenvalue weighted by Crippen LogP contribution is -2.52. The van der Waals surface area contributed by atoms with Gasteiger partial charge in [0.1, 0.15) is 0 Å². The molecule has 0 atom stereocenters. The monoisotopic (exact) mass is 420 g/mol. The molecule has 1 heterocycles. The fourth-order valence-corrected chi connectivity index (χ4v) is 5.15. The number of carbonyl (C=O) groups excluding carboxylic acids is 1. The number of piperidine rings is 1. The Balaban J connectivity index is 1.57. The topological polar surface area (TPSA) is 69.6 Å². The SMILES string of the molecule is CC(=O)NC1(c2ccccc2)CCN(Cc2c(C3(C(=O)O)CC3)ccc(C)c2C)CC1. The molecule has 164 valence electrons. The number of rotatable bonds is 6. The first-order chi connectivity index (χ1) is 14.8. The van der Waals surface area contributed by atoms with Gasteiger partial charge in [0.2, 0.25) is 5.91 Å². The van der Waals surface area contributed by atoms with Crippen molar-refractivity contribution in [3.63, 3.8) is 0 Å². The van der Waals surface area contributed by atoms with Gasteiger partial charge in [0.05, 0.1) is 11.0 Å². The summed E-state index contributed by atoms with van der Waals surface area (Å²) in [6, 6.07) is 14.3. The van der Waals surface area contributed by atoms with E-state index in [1.807, 2.05) is 24.3 Å². The number of benzene rings is 2. The molecule has 2 aromatic rings. The van der Waals surface area contributed by atoms with Crippen molar-refractivity contribution < 1.29 is 14.7 Å². The number of hydrogen-bond acceptors (Lipinski definition) is 3. The van der Waals surface area contributed by atoms with Crippen molar-refractivity contribution in [2.75, 3.05) is 13.1 Å². The van der Waals surface area contributed by atoms with E-state index in [0.717, 1.165) is 56.4 Å². The van der Waals surface area contributed by atoms with Crippen LogP contribution in [0.2, 0.25) is 0 Å². The summed E-state index contributed by atoms with van der Waals surface area (Å²) in [4.78, 5) is 26.4. The normalized spacial score (nSPS) is 19.6. The number of nitrogens with zero attached hydrogens (tertiary/aromatic N) is 1. The van der Waals surface area contributed by atoms with Crippen LogP contribution in [-0.2, 0) is 27.1 Å². The van der Waals surface area contributed by atoms with Crippen LogP contribution in [0.15, 0.2) is 42.5 Å². The Morgan fingerprint density at radius 1 is 1.00 bits per heavy atom. The third-order valence-corrected chi connectivity index (χ3v) is 7.38. The van der Waals surface area contributed by atoms with E-state index in [4.69, 9.17) is 0 Å². The Morgan fingerprint density at radius 2 is 1.65 bits per heavy atom. The minimum absolute atomic E-state index is 0.00810. The average Bonchev–Trinajstić information content (AvgIpc) is 3.55. The third-order valence-electron chi connectivity index (χ3n) is 7.38. The molecule has 0 radical (unpaired) electrons. The van der Waals surface area contributed by atoms with Crippen molar-refractivity contribution >= 4 is 11.9 Å². The standard InChI is InChI=1S/C26H32N2O3/c1-18-9-10-23(25(11-12-25)24(30)31)22(19(18)2)17-28-15-13-26(14-16-28,27-20(3)29)21-7-5-4-6-8-21/h4-10H,11-17H2,1-3H3,(H,27,29)(H,30,31). The lowest BCUT2D eigenvalue weighted by atomic mass is 9.80. The molecule has 4 rings (SSSR count). The molecule has 0 aromatic heterocycles. The molecular formula is C26H32N2O3. The molecule has 1 aliphatic heterocycles. The quantitative estimate of drug-likeness (QED) is 0.740. The van der Waals surface area contributed by atoms with Gasteiger partial charge in [-0.15, -0.1) is 0 Å². The number of aryl methyl sites for hydroxylation is 1. The second-order valence-electron chi connectivity index (χ2n) is 9.33. The number of likely N-dealkylation sites (tertiary alicyclic amines) is 1. The third kappa shape index (κ3) is 3.99. The van der Waals surface area contributed by atoms with E-state index in [2.05, 4.69) is 42.3 Å². The zero-order valence-electron chi connectivity index (χ0n) is 18.7. The molecule has 2 fully saturated rings. The molecule has 1 saturated heterocycles. The van der Waals surface area contributed by atoms with Gasteiger partial charge in [-0.25, -0.2) is 0 Å². The minimum Gasteiger partial charge on any atom is -0.481 e. The molecule has 1 amide bonds. The highest BCUT2D eigenvalue weighted by molar-refractivity contribution is 5.85. The van der Waals surface area contributed by atoms with Gasteiger partial charge < -0.3 is 10.4 Å². The zero-order chi connectivity index (χ0) is 22.2. The minimum atomic E-state index is -0.704. The van der Waals surface area contributed by atoms with Crippen molar-refractivity contribution in [2.24, 2.45) is 0 Å². The number of amides is 1. The van der Waals surface area contributed by atoms with Gasteiger partial charge in [-0.05, 0) is 67.3 Å². The predicted octanol–water partition coefficient (Wildman–Crippen LogP) is 4.05. The predicted molar refractivity (Wildman–Crippen MR) is 121 cm³/mol. The van der Waals surface area contributed by atoms with E-state index in [0.29, 0.717) is 0 Å². The Morgan fingerprint density at radius 3 is 2.19 bits per heavy atom. The summed E-state index contributed by atoms with van der Waals surface area (Å²) < 4.78 is 0. The highest BCUT2D eigenvalue weighted by Gasteiger charge is 2.53. The van der Waals surface area contributed by atoms with Crippen molar-refractivity contribution in [2.45, 2.75) is 64.0 Å². The van der Waals surface area contributed by atoms with Crippen LogP contribution in [0.5, 0.6) is 0 Å². The van der Waals surface area contributed by atoms with Crippen LogP contribution in [-0.4, -0.2) is 35.0 Å². The van der Waals surface area contributed by atoms with Crippen LogP contribution >= 0.6 is 0 Å². The maximum Gasteiger partial charge on any atom is 0.314 e. The smallest absolute Gasteiger partial charge is 0.314 e.